The lowest BCUT2D eigenvalue weighted by molar-refractivity contribution is -0.124. The fourth-order valence-electron chi connectivity index (χ4n) is 5.35. The van der Waals surface area contributed by atoms with Crippen LogP contribution in [0, 0.1) is 11.8 Å². The first kappa shape index (κ1) is 25.4. The average Bonchev–Trinajstić information content (AvgIpc) is 3.52. The zero-order valence-corrected chi connectivity index (χ0v) is 21.1. The molecule has 3 unspecified atom stereocenters. The number of ether oxygens (including phenoxy) is 1. The number of ketones is 5. The second-order valence-corrected chi connectivity index (χ2v) is 10.8. The van der Waals surface area contributed by atoms with Crippen molar-refractivity contribution in [1.82, 2.24) is 4.90 Å². The zero-order chi connectivity index (χ0) is 27.5. The molecule has 194 valence electrons. The molecule has 0 spiro atoms. The maximum Gasteiger partial charge on any atom is 0.410 e. The summed E-state index contributed by atoms with van der Waals surface area (Å²) in [6.45, 7) is 5.43. The van der Waals surface area contributed by atoms with Crippen LogP contribution < -0.4 is 0 Å². The number of carbonyl (C=O) groups excluding carboxylic acids is 7. The Morgan fingerprint density at radius 1 is 0.842 bits per heavy atom. The lowest BCUT2D eigenvalue weighted by Gasteiger charge is -2.28. The van der Waals surface area contributed by atoms with E-state index in [4.69, 9.17) is 4.74 Å². The van der Waals surface area contributed by atoms with E-state index in [0.717, 1.165) is 0 Å². The van der Waals surface area contributed by atoms with Crippen molar-refractivity contribution in [3.8, 4) is 11.1 Å². The summed E-state index contributed by atoms with van der Waals surface area (Å²) in [6.07, 6.45) is 0.551. The smallest absolute Gasteiger partial charge is 0.410 e. The molecule has 1 heterocycles. The Balaban J connectivity index is 1.42. The van der Waals surface area contributed by atoms with Crippen LogP contribution in [0.4, 0.5) is 4.79 Å². The third-order valence-electron chi connectivity index (χ3n) is 7.15. The number of hydrogen-bond donors (Lipinski definition) is 0. The van der Waals surface area contributed by atoms with Gasteiger partial charge in [-0.3, -0.25) is 28.9 Å². The molecule has 38 heavy (non-hydrogen) atoms. The minimum absolute atomic E-state index is 0.0846. The van der Waals surface area contributed by atoms with Gasteiger partial charge in [-0.2, -0.15) is 0 Å². The van der Waals surface area contributed by atoms with E-state index in [1.807, 2.05) is 0 Å². The molecule has 2 aliphatic carbocycles. The van der Waals surface area contributed by atoms with Crippen LogP contribution in [0.5, 0.6) is 0 Å². The van der Waals surface area contributed by atoms with Crippen molar-refractivity contribution in [3.05, 3.63) is 58.7 Å². The van der Waals surface area contributed by atoms with E-state index in [-0.39, 0.29) is 22.3 Å². The molecule has 9 nitrogen and oxygen atoms in total. The van der Waals surface area contributed by atoms with Crippen LogP contribution in [0.2, 0.25) is 0 Å². The van der Waals surface area contributed by atoms with E-state index in [2.05, 4.69) is 0 Å². The largest absolute Gasteiger partial charge is 0.444 e. The van der Waals surface area contributed by atoms with Gasteiger partial charge in [0.05, 0.1) is 6.04 Å². The molecule has 0 N–H and O–H groups in total. The van der Waals surface area contributed by atoms with Gasteiger partial charge in [-0.1, -0.05) is 24.3 Å². The van der Waals surface area contributed by atoms with E-state index in [9.17, 15) is 33.6 Å². The van der Waals surface area contributed by atoms with Gasteiger partial charge in [-0.05, 0) is 56.9 Å². The highest BCUT2D eigenvalue weighted by atomic mass is 16.6. The number of fused-ring (bicyclic) bond motifs is 2. The van der Waals surface area contributed by atoms with Gasteiger partial charge in [0, 0.05) is 28.8 Å². The Bertz CT molecular complexity index is 1460. The van der Waals surface area contributed by atoms with E-state index < -0.39 is 58.5 Å². The zero-order valence-electron chi connectivity index (χ0n) is 21.1. The lowest BCUT2D eigenvalue weighted by Crippen LogP contribution is -2.47. The monoisotopic (exact) mass is 515 g/mol. The summed E-state index contributed by atoms with van der Waals surface area (Å²) < 4.78 is 5.41. The van der Waals surface area contributed by atoms with Crippen molar-refractivity contribution < 1.29 is 38.3 Å². The van der Waals surface area contributed by atoms with Gasteiger partial charge in [-0.25, -0.2) is 4.79 Å². The lowest BCUT2D eigenvalue weighted by atomic mass is 9.92. The Kier molecular flexibility index (Phi) is 5.97. The summed E-state index contributed by atoms with van der Waals surface area (Å²) in [7, 11) is 0. The van der Waals surface area contributed by atoms with Gasteiger partial charge >= 0.3 is 6.09 Å². The van der Waals surface area contributed by atoms with Crippen molar-refractivity contribution in [3.63, 3.8) is 0 Å². The number of Topliss-reactive ketones (excluding diaryl/α,β-unsaturated/α-hetero) is 5. The maximum absolute atomic E-state index is 13.4. The van der Waals surface area contributed by atoms with Crippen LogP contribution >= 0.6 is 0 Å². The first-order valence-electron chi connectivity index (χ1n) is 12.4. The fraction of sp³-hybridized carbons (Fsp3) is 0.345. The molecule has 0 radical (unpaired) electrons. The molecule has 9 heteroatoms. The molecule has 0 aromatic heterocycles. The Hall–Kier alpha value is -4.27. The second kappa shape index (κ2) is 8.93. The molecule has 3 aliphatic rings. The number of carbonyl (C=O) groups is 7. The van der Waals surface area contributed by atoms with Gasteiger partial charge < -0.3 is 9.53 Å². The Morgan fingerprint density at radius 3 is 1.95 bits per heavy atom. The number of amides is 1. The van der Waals surface area contributed by atoms with Crippen LogP contribution in [-0.4, -0.2) is 64.4 Å². The van der Waals surface area contributed by atoms with E-state index in [1.165, 1.54) is 29.2 Å². The first-order chi connectivity index (χ1) is 17.9. The van der Waals surface area contributed by atoms with E-state index in [0.29, 0.717) is 36.8 Å². The van der Waals surface area contributed by atoms with E-state index >= 15 is 0 Å². The van der Waals surface area contributed by atoms with E-state index in [1.54, 1.807) is 32.9 Å². The third kappa shape index (κ3) is 3.98. The second-order valence-electron chi connectivity index (χ2n) is 10.8. The number of hydrogen-bond acceptors (Lipinski definition) is 8. The van der Waals surface area contributed by atoms with Gasteiger partial charge in [0.1, 0.15) is 23.7 Å². The van der Waals surface area contributed by atoms with Gasteiger partial charge in [0.15, 0.2) is 28.9 Å². The molecule has 1 amide bonds. The minimum Gasteiger partial charge on any atom is -0.444 e. The quantitative estimate of drug-likeness (QED) is 0.446. The molecule has 1 saturated heterocycles. The van der Waals surface area contributed by atoms with Crippen LogP contribution in [0.25, 0.3) is 11.1 Å². The first-order valence-corrected chi connectivity index (χ1v) is 12.4. The summed E-state index contributed by atoms with van der Waals surface area (Å²) in [4.78, 5) is 89.8. The molecule has 0 saturated carbocycles. The highest BCUT2D eigenvalue weighted by Gasteiger charge is 2.49. The molecule has 2 aromatic rings. The Morgan fingerprint density at radius 2 is 1.37 bits per heavy atom. The molecular formula is C29H25NO8. The summed E-state index contributed by atoms with van der Waals surface area (Å²) in [5, 5.41) is 0. The highest BCUT2D eigenvalue weighted by Crippen LogP contribution is 2.36. The number of aldehydes is 1. The van der Waals surface area contributed by atoms with Crippen molar-refractivity contribution in [2.24, 2.45) is 11.8 Å². The molecule has 5 rings (SSSR count). The maximum atomic E-state index is 13.4. The fourth-order valence-corrected chi connectivity index (χ4v) is 5.35. The average molecular weight is 516 g/mol. The van der Waals surface area contributed by atoms with Gasteiger partial charge in [0.25, 0.3) is 0 Å². The third-order valence-corrected chi connectivity index (χ3v) is 7.15. The minimum atomic E-state index is -1.54. The molecule has 2 aromatic carbocycles. The Labute approximate surface area is 218 Å². The van der Waals surface area contributed by atoms with Crippen molar-refractivity contribution in [2.45, 2.75) is 45.3 Å². The van der Waals surface area contributed by atoms with Crippen LogP contribution in [0.3, 0.4) is 0 Å². The predicted molar refractivity (Wildman–Crippen MR) is 133 cm³/mol. The summed E-state index contributed by atoms with van der Waals surface area (Å²) in [5.41, 5.74) is 0.758. The molecular weight excluding hydrogens is 490 g/mol. The summed E-state index contributed by atoms with van der Waals surface area (Å²) in [6, 6.07) is 8.17. The van der Waals surface area contributed by atoms with Crippen molar-refractivity contribution in [1.29, 1.82) is 0 Å². The summed E-state index contributed by atoms with van der Waals surface area (Å²) >= 11 is 0. The van der Waals surface area contributed by atoms with Crippen LogP contribution in [0.1, 0.15) is 75.0 Å². The summed E-state index contributed by atoms with van der Waals surface area (Å²) in [5.74, 6) is -5.88. The number of nitrogens with zero attached hydrogens (tertiary/aromatic N) is 1. The molecule has 3 atom stereocenters. The van der Waals surface area contributed by atoms with Crippen molar-refractivity contribution >= 4 is 41.3 Å². The predicted octanol–water partition coefficient (Wildman–Crippen LogP) is 3.51. The van der Waals surface area contributed by atoms with Crippen LogP contribution in [0.15, 0.2) is 36.4 Å². The number of benzene rings is 2. The highest BCUT2D eigenvalue weighted by molar-refractivity contribution is 6.36. The van der Waals surface area contributed by atoms with Crippen LogP contribution in [-0.2, 0) is 14.3 Å². The SMILES string of the molecule is CC(C)(C)OC(=O)N1CCCC1C(=O)C1C(=O)c2ccc(-c3ccc4c(c3)C(=O)C(C=O)C4=O)cc2C1=O. The molecule has 1 aliphatic heterocycles. The molecule has 0 bridgehead atoms. The topological polar surface area (TPSA) is 132 Å². The van der Waals surface area contributed by atoms with Crippen molar-refractivity contribution in [2.75, 3.05) is 6.54 Å². The van der Waals surface area contributed by atoms with Gasteiger partial charge in [0.2, 0.25) is 0 Å². The van der Waals surface area contributed by atoms with Gasteiger partial charge in [-0.15, -0.1) is 0 Å². The number of likely N-dealkylation sites (tertiary alicyclic amines) is 1. The number of rotatable bonds is 4. The normalized spacial score (nSPS) is 22.5. The molecule has 1 fully saturated rings. The standard InChI is InChI=1S/C29H25NO8/c1-29(2,3)38-28(37)30-10-4-5-21(30)27(36)22-25(34)17-9-7-15(12-19(17)26(22)35)14-6-8-16-18(11-14)24(33)20(13-31)23(16)32/h6-9,11-13,20-22H,4-5,10H2,1-3H3.